The molecule has 86 valence electrons. The van der Waals surface area contributed by atoms with Gasteiger partial charge in [0.25, 0.3) is 0 Å². The molecule has 0 spiro atoms. The molecule has 0 fully saturated rings. The molecule has 2 heteroatoms. The van der Waals surface area contributed by atoms with E-state index in [1.165, 1.54) is 18.4 Å². The maximum absolute atomic E-state index is 6.30. The number of benzene rings is 1. The van der Waals surface area contributed by atoms with Crippen LogP contribution < -0.4 is 5.73 Å². The van der Waals surface area contributed by atoms with Gasteiger partial charge in [-0.15, -0.1) is 0 Å². The molecule has 1 nitrogen and oxygen atoms in total. The summed E-state index contributed by atoms with van der Waals surface area (Å²) in [6.07, 6.45) is 7.10. The third kappa shape index (κ3) is 2.31. The lowest BCUT2D eigenvalue weighted by atomic mass is 9.90. The Morgan fingerprint density at radius 2 is 2.12 bits per heavy atom. The van der Waals surface area contributed by atoms with Crippen molar-refractivity contribution in [2.24, 2.45) is 5.73 Å². The van der Waals surface area contributed by atoms with Crippen LogP contribution in [0.2, 0.25) is 5.02 Å². The number of hydrogen-bond acceptors (Lipinski definition) is 1. The van der Waals surface area contributed by atoms with Gasteiger partial charge in [0.1, 0.15) is 0 Å². The van der Waals surface area contributed by atoms with Gasteiger partial charge in [0.2, 0.25) is 0 Å². The minimum atomic E-state index is -0.0206. The average Bonchev–Trinajstić information content (AvgIpc) is 2.33. The molecule has 0 heterocycles. The smallest absolute Gasteiger partial charge is 0.0525 e. The zero-order valence-corrected chi connectivity index (χ0v) is 10.4. The molecular formula is C14H18ClN. The molecule has 0 aromatic heterocycles. The summed E-state index contributed by atoms with van der Waals surface area (Å²) >= 11 is 6.30. The molecule has 0 aliphatic heterocycles. The second-order valence-electron chi connectivity index (χ2n) is 4.48. The van der Waals surface area contributed by atoms with E-state index in [0.717, 1.165) is 29.0 Å². The van der Waals surface area contributed by atoms with E-state index in [0.29, 0.717) is 0 Å². The first-order valence-electron chi connectivity index (χ1n) is 5.89. The van der Waals surface area contributed by atoms with Gasteiger partial charge in [0.15, 0.2) is 0 Å². The third-order valence-corrected chi connectivity index (χ3v) is 3.80. The van der Waals surface area contributed by atoms with Crippen molar-refractivity contribution in [1.82, 2.24) is 0 Å². The van der Waals surface area contributed by atoms with Crippen LogP contribution in [0.1, 0.15) is 42.9 Å². The molecule has 0 amide bonds. The van der Waals surface area contributed by atoms with E-state index in [1.807, 2.05) is 25.1 Å². The van der Waals surface area contributed by atoms with Gasteiger partial charge >= 0.3 is 0 Å². The maximum atomic E-state index is 6.30. The molecule has 0 radical (unpaired) electrons. The first-order valence-corrected chi connectivity index (χ1v) is 6.27. The van der Waals surface area contributed by atoms with Crippen molar-refractivity contribution in [3.8, 4) is 0 Å². The Kier molecular flexibility index (Phi) is 3.67. The molecule has 2 rings (SSSR count). The summed E-state index contributed by atoms with van der Waals surface area (Å²) in [7, 11) is 0. The predicted octanol–water partition coefficient (Wildman–Crippen LogP) is 4.15. The number of allylic oxidation sites excluding steroid dienone is 1. The molecule has 0 saturated carbocycles. The van der Waals surface area contributed by atoms with Crippen LogP contribution in [0.3, 0.4) is 0 Å². The molecule has 1 aliphatic rings. The largest absolute Gasteiger partial charge is 0.321 e. The topological polar surface area (TPSA) is 26.0 Å². The van der Waals surface area contributed by atoms with E-state index in [-0.39, 0.29) is 6.04 Å². The van der Waals surface area contributed by atoms with Gasteiger partial charge < -0.3 is 5.73 Å². The van der Waals surface area contributed by atoms with E-state index in [4.69, 9.17) is 17.3 Å². The van der Waals surface area contributed by atoms with Crippen LogP contribution in [0.4, 0.5) is 0 Å². The van der Waals surface area contributed by atoms with Gasteiger partial charge in [-0.2, -0.15) is 0 Å². The summed E-state index contributed by atoms with van der Waals surface area (Å²) < 4.78 is 0. The standard InChI is InChI=1S/C14H18ClN/c1-10-6-5-9-12(13(10)15)14(16)11-7-3-2-4-8-11/h5-7,9,14H,2-4,8,16H2,1H3. The number of halogens is 1. The molecule has 1 aromatic carbocycles. The Morgan fingerprint density at radius 3 is 2.81 bits per heavy atom. The summed E-state index contributed by atoms with van der Waals surface area (Å²) in [5.74, 6) is 0. The summed E-state index contributed by atoms with van der Waals surface area (Å²) in [6.45, 7) is 2.02. The second-order valence-corrected chi connectivity index (χ2v) is 4.86. The van der Waals surface area contributed by atoms with Crippen LogP contribution in [0.5, 0.6) is 0 Å². The Morgan fingerprint density at radius 1 is 1.31 bits per heavy atom. The van der Waals surface area contributed by atoms with Crippen molar-refractivity contribution in [2.45, 2.75) is 38.6 Å². The highest BCUT2D eigenvalue weighted by Crippen LogP contribution is 2.32. The SMILES string of the molecule is Cc1cccc(C(N)C2=CCCCC2)c1Cl. The molecule has 16 heavy (non-hydrogen) atoms. The van der Waals surface area contributed by atoms with Crippen molar-refractivity contribution in [3.63, 3.8) is 0 Å². The molecule has 0 saturated heterocycles. The lowest BCUT2D eigenvalue weighted by Gasteiger charge is -2.21. The fourth-order valence-corrected chi connectivity index (χ4v) is 2.50. The zero-order valence-electron chi connectivity index (χ0n) is 9.67. The first-order chi connectivity index (χ1) is 7.70. The van der Waals surface area contributed by atoms with E-state index in [9.17, 15) is 0 Å². The van der Waals surface area contributed by atoms with Crippen LogP contribution in [0.25, 0.3) is 0 Å². The Balaban J connectivity index is 2.29. The first kappa shape index (κ1) is 11.7. The highest BCUT2D eigenvalue weighted by atomic mass is 35.5. The number of rotatable bonds is 2. The number of nitrogens with two attached hydrogens (primary N) is 1. The van der Waals surface area contributed by atoms with E-state index in [1.54, 1.807) is 0 Å². The van der Waals surface area contributed by atoms with E-state index in [2.05, 4.69) is 6.08 Å². The van der Waals surface area contributed by atoms with Crippen molar-refractivity contribution >= 4 is 11.6 Å². The van der Waals surface area contributed by atoms with Crippen molar-refractivity contribution in [2.75, 3.05) is 0 Å². The van der Waals surface area contributed by atoms with Crippen LogP contribution >= 0.6 is 11.6 Å². The molecule has 1 aromatic rings. The molecule has 0 bridgehead atoms. The van der Waals surface area contributed by atoms with Gasteiger partial charge in [0, 0.05) is 5.02 Å². The minimum Gasteiger partial charge on any atom is -0.321 e. The van der Waals surface area contributed by atoms with Gasteiger partial charge in [-0.25, -0.2) is 0 Å². The summed E-state index contributed by atoms with van der Waals surface area (Å²) in [5, 5.41) is 0.821. The van der Waals surface area contributed by atoms with Gasteiger partial charge in [-0.3, -0.25) is 0 Å². The summed E-state index contributed by atoms with van der Waals surface area (Å²) in [6, 6.07) is 6.07. The Bertz CT molecular complexity index is 409. The highest BCUT2D eigenvalue weighted by molar-refractivity contribution is 6.32. The molecule has 2 N–H and O–H groups in total. The quantitative estimate of drug-likeness (QED) is 0.766. The van der Waals surface area contributed by atoms with Gasteiger partial charge in [0.05, 0.1) is 6.04 Å². The van der Waals surface area contributed by atoms with Crippen molar-refractivity contribution < 1.29 is 0 Å². The predicted molar refractivity (Wildman–Crippen MR) is 69.7 cm³/mol. The number of aryl methyl sites for hydroxylation is 1. The Labute approximate surface area is 102 Å². The Hall–Kier alpha value is -0.790. The lowest BCUT2D eigenvalue weighted by Crippen LogP contribution is -2.15. The third-order valence-electron chi connectivity index (χ3n) is 3.28. The number of hydrogen-bond donors (Lipinski definition) is 1. The minimum absolute atomic E-state index is 0.0206. The van der Waals surface area contributed by atoms with Gasteiger partial charge in [-0.05, 0) is 43.7 Å². The molecular weight excluding hydrogens is 218 g/mol. The van der Waals surface area contributed by atoms with Crippen molar-refractivity contribution in [3.05, 3.63) is 46.0 Å². The highest BCUT2D eigenvalue weighted by Gasteiger charge is 2.17. The summed E-state index contributed by atoms with van der Waals surface area (Å²) in [5.41, 5.74) is 9.80. The van der Waals surface area contributed by atoms with Crippen LogP contribution in [0, 0.1) is 6.92 Å². The summed E-state index contributed by atoms with van der Waals surface area (Å²) in [4.78, 5) is 0. The van der Waals surface area contributed by atoms with Gasteiger partial charge in [-0.1, -0.05) is 41.4 Å². The average molecular weight is 236 g/mol. The van der Waals surface area contributed by atoms with Crippen LogP contribution in [-0.4, -0.2) is 0 Å². The van der Waals surface area contributed by atoms with E-state index < -0.39 is 0 Å². The second kappa shape index (κ2) is 5.03. The fourth-order valence-electron chi connectivity index (χ4n) is 2.26. The maximum Gasteiger partial charge on any atom is 0.0525 e. The molecule has 1 aliphatic carbocycles. The lowest BCUT2D eigenvalue weighted by molar-refractivity contribution is 0.648. The van der Waals surface area contributed by atoms with Crippen molar-refractivity contribution in [1.29, 1.82) is 0 Å². The normalized spacial score (nSPS) is 18.1. The van der Waals surface area contributed by atoms with Crippen LogP contribution in [-0.2, 0) is 0 Å². The molecule has 1 atom stereocenters. The monoisotopic (exact) mass is 235 g/mol. The zero-order chi connectivity index (χ0) is 11.5. The van der Waals surface area contributed by atoms with E-state index >= 15 is 0 Å². The van der Waals surface area contributed by atoms with Crippen LogP contribution in [0.15, 0.2) is 29.8 Å². The molecule has 1 unspecified atom stereocenters. The fraction of sp³-hybridized carbons (Fsp3) is 0.429.